The van der Waals surface area contributed by atoms with Gasteiger partial charge in [0.2, 0.25) is 11.7 Å². The molecule has 1 fully saturated rings. The molecule has 0 bridgehead atoms. The summed E-state index contributed by atoms with van der Waals surface area (Å²) in [7, 11) is 0. The van der Waals surface area contributed by atoms with E-state index in [1.165, 1.54) is 30.5 Å². The van der Waals surface area contributed by atoms with Crippen molar-refractivity contribution in [3.05, 3.63) is 29.3 Å². The Bertz CT molecular complexity index is 623. The van der Waals surface area contributed by atoms with Gasteiger partial charge in [0.15, 0.2) is 0 Å². The van der Waals surface area contributed by atoms with Crippen LogP contribution in [0.2, 0.25) is 0 Å². The Balaban J connectivity index is 1.82. The monoisotopic (exact) mass is 288 g/mol. The second-order valence-corrected chi connectivity index (χ2v) is 5.84. The molecule has 0 radical (unpaired) electrons. The fraction of sp³-hybridized carbons (Fsp3) is 0.533. The second-order valence-electron chi connectivity index (χ2n) is 5.84. The molecule has 2 aromatic rings. The molecule has 6 nitrogen and oxygen atoms in total. The number of Topliss-reactive ketones (excluding diaryl/α,β-unsaturated/α-hetero) is 1. The van der Waals surface area contributed by atoms with E-state index in [0.717, 1.165) is 30.0 Å². The molecule has 112 valence electrons. The van der Waals surface area contributed by atoms with E-state index < -0.39 is 0 Å². The van der Waals surface area contributed by atoms with Gasteiger partial charge in [-0.3, -0.25) is 9.36 Å². The highest BCUT2D eigenvalue weighted by atomic mass is 16.1. The summed E-state index contributed by atoms with van der Waals surface area (Å²) in [6.45, 7) is 6.79. The molecule has 6 heteroatoms. The number of aromatic amines is 1. The first-order chi connectivity index (χ1) is 10.2. The van der Waals surface area contributed by atoms with Crippen molar-refractivity contribution in [2.45, 2.75) is 33.1 Å². The first kappa shape index (κ1) is 14.0. The highest BCUT2D eigenvalue weighted by Gasteiger charge is 2.23. The average Bonchev–Trinajstić information content (AvgIpc) is 3.08. The number of H-pyrrole nitrogens is 1. The fourth-order valence-electron chi connectivity index (χ4n) is 3.23. The van der Waals surface area contributed by atoms with Crippen molar-refractivity contribution in [2.24, 2.45) is 0 Å². The van der Waals surface area contributed by atoms with Gasteiger partial charge >= 0.3 is 0 Å². The Labute approximate surface area is 124 Å². The number of quaternary nitrogens is 1. The van der Waals surface area contributed by atoms with Crippen LogP contribution in [0.25, 0.3) is 5.95 Å². The van der Waals surface area contributed by atoms with Crippen molar-refractivity contribution < 1.29 is 9.69 Å². The van der Waals surface area contributed by atoms with E-state index in [-0.39, 0.29) is 5.78 Å². The zero-order valence-corrected chi connectivity index (χ0v) is 12.6. The lowest BCUT2D eigenvalue weighted by molar-refractivity contribution is -0.896. The number of hydrogen-bond acceptors (Lipinski definition) is 3. The van der Waals surface area contributed by atoms with Gasteiger partial charge in [-0.15, -0.1) is 0 Å². The molecule has 0 aromatic carbocycles. The van der Waals surface area contributed by atoms with Crippen LogP contribution in [-0.4, -0.2) is 45.2 Å². The third kappa shape index (κ3) is 2.76. The highest BCUT2D eigenvalue weighted by Crippen LogP contribution is 2.18. The van der Waals surface area contributed by atoms with Crippen LogP contribution in [0.3, 0.4) is 0 Å². The maximum Gasteiger partial charge on any atom is 0.229 e. The van der Waals surface area contributed by atoms with Crippen LogP contribution in [0.4, 0.5) is 0 Å². The summed E-state index contributed by atoms with van der Waals surface area (Å²) in [5.74, 6) is 0.889. The van der Waals surface area contributed by atoms with Crippen molar-refractivity contribution in [2.75, 3.05) is 19.6 Å². The Morgan fingerprint density at radius 1 is 1.33 bits per heavy atom. The SMILES string of the molecule is Cc1cc(C(=O)C[NH+]2CCCCC2)c(C)n1-c1ncn[nH]1. The molecule has 3 heterocycles. The smallest absolute Gasteiger partial charge is 0.229 e. The van der Waals surface area contributed by atoms with Crippen LogP contribution in [0, 0.1) is 13.8 Å². The Hall–Kier alpha value is -1.95. The molecule has 1 aliphatic heterocycles. The average molecular weight is 288 g/mol. The second kappa shape index (κ2) is 5.81. The molecule has 2 aromatic heterocycles. The quantitative estimate of drug-likeness (QED) is 0.803. The van der Waals surface area contributed by atoms with Crippen LogP contribution in [-0.2, 0) is 0 Å². The number of likely N-dealkylation sites (tertiary alicyclic amines) is 1. The number of aromatic nitrogens is 4. The van der Waals surface area contributed by atoms with E-state index in [2.05, 4.69) is 15.2 Å². The molecular formula is C15H22N5O+. The highest BCUT2D eigenvalue weighted by molar-refractivity contribution is 5.98. The van der Waals surface area contributed by atoms with Crippen molar-refractivity contribution in [1.29, 1.82) is 0 Å². The molecule has 0 spiro atoms. The van der Waals surface area contributed by atoms with Gasteiger partial charge in [0, 0.05) is 17.0 Å². The van der Waals surface area contributed by atoms with Crippen LogP contribution in [0.1, 0.15) is 41.0 Å². The van der Waals surface area contributed by atoms with Crippen molar-refractivity contribution in [1.82, 2.24) is 19.7 Å². The molecular weight excluding hydrogens is 266 g/mol. The molecule has 1 aliphatic rings. The molecule has 0 amide bonds. The molecule has 21 heavy (non-hydrogen) atoms. The number of piperidine rings is 1. The minimum Gasteiger partial charge on any atom is -0.328 e. The molecule has 0 unspecified atom stereocenters. The van der Waals surface area contributed by atoms with Gasteiger partial charge < -0.3 is 4.90 Å². The van der Waals surface area contributed by atoms with Crippen molar-refractivity contribution in [3.8, 4) is 5.95 Å². The van der Waals surface area contributed by atoms with E-state index in [9.17, 15) is 4.79 Å². The van der Waals surface area contributed by atoms with E-state index in [1.807, 2.05) is 24.5 Å². The maximum absolute atomic E-state index is 12.6. The normalized spacial score (nSPS) is 16.3. The summed E-state index contributed by atoms with van der Waals surface area (Å²) < 4.78 is 1.95. The van der Waals surface area contributed by atoms with Crippen LogP contribution in [0.5, 0.6) is 0 Å². The summed E-state index contributed by atoms with van der Waals surface area (Å²) in [5, 5.41) is 6.74. The van der Waals surface area contributed by atoms with Gasteiger partial charge in [-0.05, 0) is 39.2 Å². The Morgan fingerprint density at radius 3 is 2.76 bits per heavy atom. The standard InChI is InChI=1S/C15H21N5O/c1-11-8-13(12(2)20(11)15-16-10-17-18-15)14(21)9-19-6-4-3-5-7-19/h8,10H,3-7,9H2,1-2H3,(H,16,17,18)/p+1. The van der Waals surface area contributed by atoms with Crippen LogP contribution < -0.4 is 4.90 Å². The summed E-state index contributed by atoms with van der Waals surface area (Å²) >= 11 is 0. The Kier molecular flexibility index (Phi) is 3.88. The summed E-state index contributed by atoms with van der Waals surface area (Å²) in [6, 6.07) is 1.96. The number of nitrogens with one attached hydrogen (secondary N) is 2. The van der Waals surface area contributed by atoms with E-state index >= 15 is 0 Å². The summed E-state index contributed by atoms with van der Waals surface area (Å²) in [4.78, 5) is 18.2. The minimum absolute atomic E-state index is 0.228. The van der Waals surface area contributed by atoms with Gasteiger partial charge in [-0.2, -0.15) is 10.1 Å². The van der Waals surface area contributed by atoms with Gasteiger partial charge in [0.05, 0.1) is 13.1 Å². The van der Waals surface area contributed by atoms with E-state index in [1.54, 1.807) is 0 Å². The largest absolute Gasteiger partial charge is 0.328 e. The summed E-state index contributed by atoms with van der Waals surface area (Å²) in [5.41, 5.74) is 2.74. The minimum atomic E-state index is 0.228. The molecule has 1 saturated heterocycles. The molecule has 2 N–H and O–H groups in total. The van der Waals surface area contributed by atoms with Gasteiger partial charge in [0.25, 0.3) is 0 Å². The zero-order chi connectivity index (χ0) is 14.8. The fourth-order valence-corrected chi connectivity index (χ4v) is 3.23. The third-order valence-corrected chi connectivity index (χ3v) is 4.32. The lowest BCUT2D eigenvalue weighted by Crippen LogP contribution is -3.13. The number of aryl methyl sites for hydroxylation is 1. The van der Waals surface area contributed by atoms with Crippen molar-refractivity contribution >= 4 is 5.78 Å². The van der Waals surface area contributed by atoms with Gasteiger partial charge in [-0.1, -0.05) is 0 Å². The Morgan fingerprint density at radius 2 is 2.10 bits per heavy atom. The predicted octanol–water partition coefficient (Wildman–Crippen LogP) is 0.464. The lowest BCUT2D eigenvalue weighted by Gasteiger charge is -2.22. The van der Waals surface area contributed by atoms with Gasteiger partial charge in [0.1, 0.15) is 12.9 Å². The number of rotatable bonds is 4. The number of hydrogen-bond donors (Lipinski definition) is 2. The lowest BCUT2D eigenvalue weighted by atomic mass is 10.1. The van der Waals surface area contributed by atoms with Crippen molar-refractivity contribution in [3.63, 3.8) is 0 Å². The predicted molar refractivity (Wildman–Crippen MR) is 78.9 cm³/mol. The van der Waals surface area contributed by atoms with Gasteiger partial charge in [-0.25, -0.2) is 5.10 Å². The van der Waals surface area contributed by atoms with Crippen LogP contribution in [0.15, 0.2) is 12.4 Å². The molecule has 3 rings (SSSR count). The first-order valence-corrected chi connectivity index (χ1v) is 7.58. The molecule has 0 aliphatic carbocycles. The van der Waals surface area contributed by atoms with E-state index in [0.29, 0.717) is 12.5 Å². The summed E-state index contributed by atoms with van der Waals surface area (Å²) in [6.07, 6.45) is 5.25. The maximum atomic E-state index is 12.6. The molecule has 0 saturated carbocycles. The third-order valence-electron chi connectivity index (χ3n) is 4.32. The van der Waals surface area contributed by atoms with Crippen LogP contribution >= 0.6 is 0 Å². The topological polar surface area (TPSA) is 68.0 Å². The number of carbonyl (C=O) groups is 1. The number of nitrogens with zero attached hydrogens (tertiary/aromatic N) is 3. The first-order valence-electron chi connectivity index (χ1n) is 7.58. The molecule has 0 atom stereocenters. The zero-order valence-electron chi connectivity index (χ0n) is 12.6. The van der Waals surface area contributed by atoms with E-state index in [4.69, 9.17) is 0 Å². The number of carbonyl (C=O) groups excluding carboxylic acids is 1. The number of ketones is 1.